The summed E-state index contributed by atoms with van der Waals surface area (Å²) in [6.45, 7) is 4.25. The van der Waals surface area contributed by atoms with Crippen molar-refractivity contribution in [1.29, 1.82) is 5.41 Å². The number of benzene rings is 2. The number of rotatable bonds is 11. The maximum Gasteiger partial charge on any atom is 0.356 e. The van der Waals surface area contributed by atoms with Gasteiger partial charge in [0.15, 0.2) is 0 Å². The Kier molecular flexibility index (Phi) is 9.83. The Labute approximate surface area is 217 Å². The molecule has 0 unspecified atom stereocenters. The summed E-state index contributed by atoms with van der Waals surface area (Å²) in [6.07, 6.45) is 4.26. The van der Waals surface area contributed by atoms with Crippen LogP contribution in [0.15, 0.2) is 60.3 Å². The molecule has 196 valence electrons. The topological polar surface area (TPSA) is 112 Å². The van der Waals surface area contributed by atoms with Gasteiger partial charge in [0.1, 0.15) is 11.5 Å². The van der Waals surface area contributed by atoms with Crippen LogP contribution in [0.25, 0.3) is 0 Å². The molecule has 2 amide bonds. The molecule has 0 spiro atoms. The second-order valence-electron chi connectivity index (χ2n) is 8.58. The number of carbonyl (C=O) groups excluding carboxylic acids is 3. The number of hydrogen-bond acceptors (Lipinski definition) is 7. The first kappa shape index (κ1) is 27.4. The zero-order valence-electron chi connectivity index (χ0n) is 21.6. The van der Waals surface area contributed by atoms with Crippen molar-refractivity contribution in [2.75, 3.05) is 41.9 Å². The molecule has 1 aliphatic rings. The molecule has 2 N–H and O–H groups in total. The molecule has 2 aromatic carbocycles. The third-order valence-corrected chi connectivity index (χ3v) is 6.09. The summed E-state index contributed by atoms with van der Waals surface area (Å²) in [5, 5.41) is 11.5. The molecule has 0 aliphatic carbocycles. The molecule has 9 nitrogen and oxygen atoms in total. The fourth-order valence-electron chi connectivity index (χ4n) is 4.05. The first-order chi connectivity index (χ1) is 17.8. The average molecular weight is 507 g/mol. The lowest BCUT2D eigenvalue weighted by Gasteiger charge is -2.28. The van der Waals surface area contributed by atoms with Crippen LogP contribution in [0.3, 0.4) is 0 Å². The highest BCUT2D eigenvalue weighted by Gasteiger charge is 2.21. The fraction of sp³-hybridized carbons (Fsp3) is 0.357. The van der Waals surface area contributed by atoms with E-state index in [9.17, 15) is 14.4 Å². The van der Waals surface area contributed by atoms with Crippen molar-refractivity contribution in [3.63, 3.8) is 0 Å². The van der Waals surface area contributed by atoms with Crippen molar-refractivity contribution in [3.05, 3.63) is 60.3 Å². The van der Waals surface area contributed by atoms with Gasteiger partial charge in [-0.3, -0.25) is 15.0 Å². The van der Waals surface area contributed by atoms with Gasteiger partial charge in [-0.1, -0.05) is 0 Å². The minimum atomic E-state index is -0.727. The molecule has 0 aromatic heterocycles. The average Bonchev–Trinajstić information content (AvgIpc) is 2.91. The van der Waals surface area contributed by atoms with Crippen molar-refractivity contribution in [1.82, 2.24) is 0 Å². The molecule has 1 fully saturated rings. The van der Waals surface area contributed by atoms with E-state index in [-0.39, 0.29) is 37.1 Å². The molecule has 2 aromatic rings. The van der Waals surface area contributed by atoms with E-state index in [4.69, 9.17) is 14.9 Å². The first-order valence-electron chi connectivity index (χ1n) is 12.4. The van der Waals surface area contributed by atoms with Gasteiger partial charge in [-0.25, -0.2) is 4.79 Å². The summed E-state index contributed by atoms with van der Waals surface area (Å²) < 4.78 is 10.2. The van der Waals surface area contributed by atoms with Crippen molar-refractivity contribution in [3.8, 4) is 5.75 Å². The van der Waals surface area contributed by atoms with Crippen LogP contribution in [0.1, 0.15) is 39.5 Å². The number of piperidine rings is 1. The molecule has 0 saturated carbocycles. The second kappa shape index (κ2) is 13.2. The van der Waals surface area contributed by atoms with Crippen LogP contribution in [-0.2, 0) is 19.1 Å². The highest BCUT2D eigenvalue weighted by molar-refractivity contribution is 6.41. The van der Waals surface area contributed by atoms with Crippen LogP contribution in [0.5, 0.6) is 5.75 Å². The Morgan fingerprint density at radius 3 is 2.41 bits per heavy atom. The van der Waals surface area contributed by atoms with Gasteiger partial charge in [0.25, 0.3) is 0 Å². The standard InChI is InChI=1S/C28H34N4O5/c1-4-37-28(35)27(29)21(19-30-22-8-14-25(36-3)15-9-22)16-18-31(20(2)33)23-10-12-24(13-11-23)32-17-6-5-7-26(32)34/h8-15,19,29-30H,4-7,16-18H2,1-3H3/b21-19-,29-27?. The Morgan fingerprint density at radius 1 is 1.11 bits per heavy atom. The number of carbonyl (C=O) groups is 3. The van der Waals surface area contributed by atoms with Crippen molar-refractivity contribution < 1.29 is 23.9 Å². The van der Waals surface area contributed by atoms with Crippen molar-refractivity contribution in [2.45, 2.75) is 39.5 Å². The third-order valence-electron chi connectivity index (χ3n) is 6.09. The van der Waals surface area contributed by atoms with Crippen molar-refractivity contribution in [2.24, 2.45) is 0 Å². The summed E-state index contributed by atoms with van der Waals surface area (Å²) in [5.41, 5.74) is 2.36. The molecule has 9 heteroatoms. The first-order valence-corrected chi connectivity index (χ1v) is 12.4. The van der Waals surface area contributed by atoms with E-state index in [1.54, 1.807) is 42.2 Å². The lowest BCUT2D eigenvalue weighted by atomic mass is 10.1. The van der Waals surface area contributed by atoms with Crippen LogP contribution in [0, 0.1) is 5.41 Å². The monoisotopic (exact) mass is 506 g/mol. The number of ether oxygens (including phenoxy) is 2. The lowest BCUT2D eigenvalue weighted by molar-refractivity contribution is -0.135. The molecule has 0 bridgehead atoms. The number of amides is 2. The zero-order valence-corrected chi connectivity index (χ0v) is 21.6. The molecular formula is C28H34N4O5. The van der Waals surface area contributed by atoms with Gasteiger partial charge in [-0.2, -0.15) is 0 Å². The van der Waals surface area contributed by atoms with Crippen LogP contribution < -0.4 is 19.9 Å². The minimum absolute atomic E-state index is 0.110. The fourth-order valence-corrected chi connectivity index (χ4v) is 4.05. The zero-order chi connectivity index (χ0) is 26.8. The van der Waals surface area contributed by atoms with Crippen LogP contribution in [0.2, 0.25) is 0 Å². The largest absolute Gasteiger partial charge is 0.497 e. The van der Waals surface area contributed by atoms with E-state index in [1.807, 2.05) is 36.4 Å². The normalized spacial score (nSPS) is 13.6. The molecule has 3 rings (SSSR count). The third kappa shape index (κ3) is 7.42. The number of anilines is 3. The van der Waals surface area contributed by atoms with Gasteiger partial charge in [0.05, 0.1) is 13.7 Å². The Bertz CT molecular complexity index is 1140. The maximum atomic E-state index is 12.5. The number of nitrogens with zero attached hydrogens (tertiary/aromatic N) is 2. The number of methoxy groups -OCH3 is 1. The highest BCUT2D eigenvalue weighted by Crippen LogP contribution is 2.25. The van der Waals surface area contributed by atoms with Gasteiger partial charge in [0, 0.05) is 55.3 Å². The van der Waals surface area contributed by atoms with Crippen molar-refractivity contribution >= 4 is 40.6 Å². The number of nitrogens with one attached hydrogen (secondary N) is 2. The second-order valence-corrected chi connectivity index (χ2v) is 8.58. The molecule has 1 saturated heterocycles. The summed E-state index contributed by atoms with van der Waals surface area (Å²) in [5.74, 6) is -0.0806. The highest BCUT2D eigenvalue weighted by atomic mass is 16.5. The summed E-state index contributed by atoms with van der Waals surface area (Å²) >= 11 is 0. The van der Waals surface area contributed by atoms with E-state index in [0.29, 0.717) is 30.0 Å². The summed E-state index contributed by atoms with van der Waals surface area (Å²) in [7, 11) is 1.59. The predicted octanol–water partition coefficient (Wildman–Crippen LogP) is 4.53. The predicted molar refractivity (Wildman–Crippen MR) is 144 cm³/mol. The Morgan fingerprint density at radius 2 is 1.81 bits per heavy atom. The minimum Gasteiger partial charge on any atom is -0.497 e. The molecule has 1 heterocycles. The summed E-state index contributed by atoms with van der Waals surface area (Å²) in [6, 6.07) is 14.5. The van der Waals surface area contributed by atoms with Crippen LogP contribution in [-0.4, -0.2) is 50.3 Å². The number of hydrogen-bond donors (Lipinski definition) is 2. The molecule has 1 aliphatic heterocycles. The van der Waals surface area contributed by atoms with Crippen LogP contribution in [0.4, 0.5) is 17.1 Å². The van der Waals surface area contributed by atoms with Gasteiger partial charge in [-0.15, -0.1) is 0 Å². The van der Waals surface area contributed by atoms with Gasteiger partial charge >= 0.3 is 5.97 Å². The molecule has 0 atom stereocenters. The van der Waals surface area contributed by atoms with E-state index in [0.717, 1.165) is 24.2 Å². The molecule has 37 heavy (non-hydrogen) atoms. The molecular weight excluding hydrogens is 472 g/mol. The Hall–Kier alpha value is -4.14. The van der Waals surface area contributed by atoms with Gasteiger partial charge in [-0.05, 0) is 74.7 Å². The van der Waals surface area contributed by atoms with Gasteiger partial charge < -0.3 is 24.6 Å². The summed E-state index contributed by atoms with van der Waals surface area (Å²) in [4.78, 5) is 40.4. The number of esters is 1. The van der Waals surface area contributed by atoms with Crippen LogP contribution >= 0.6 is 0 Å². The quantitative estimate of drug-likeness (QED) is 0.342. The maximum absolute atomic E-state index is 12.5. The Balaban J connectivity index is 1.76. The molecule has 0 radical (unpaired) electrons. The lowest BCUT2D eigenvalue weighted by Crippen LogP contribution is -2.35. The SMILES string of the molecule is CCOC(=O)C(=N)/C(=C\Nc1ccc(OC)cc1)CCN(C(C)=O)c1ccc(N2CCCCC2=O)cc1. The van der Waals surface area contributed by atoms with E-state index < -0.39 is 5.97 Å². The van der Waals surface area contributed by atoms with E-state index in [1.165, 1.54) is 6.92 Å². The van der Waals surface area contributed by atoms with E-state index >= 15 is 0 Å². The van der Waals surface area contributed by atoms with E-state index in [2.05, 4.69) is 5.32 Å². The smallest absolute Gasteiger partial charge is 0.356 e. The van der Waals surface area contributed by atoms with Gasteiger partial charge in [0.2, 0.25) is 11.8 Å².